The van der Waals surface area contributed by atoms with Gasteiger partial charge in [0.25, 0.3) is 0 Å². The fraction of sp³-hybridized carbons (Fsp3) is 0.222. The van der Waals surface area contributed by atoms with Crippen LogP contribution in [0, 0.1) is 0 Å². The molecule has 0 amide bonds. The van der Waals surface area contributed by atoms with Gasteiger partial charge in [-0.1, -0.05) is 0 Å². The Bertz CT molecular complexity index is 467. The summed E-state index contributed by atoms with van der Waals surface area (Å²) in [6.07, 6.45) is 0.580. The quantitative estimate of drug-likeness (QED) is 0.600. The van der Waals surface area contributed by atoms with Gasteiger partial charge in [-0.05, 0) is 23.8 Å². The Kier molecular flexibility index (Phi) is 3.71. The first-order chi connectivity index (χ1) is 6.96. The second-order valence-corrected chi connectivity index (χ2v) is 5.64. The average molecular weight is 249 g/mol. The fourth-order valence-electron chi connectivity index (χ4n) is 1.13. The molecule has 0 aliphatic rings. The highest BCUT2D eigenvalue weighted by molar-refractivity contribution is 8.13. The molecule has 15 heavy (non-hydrogen) atoms. The van der Waals surface area contributed by atoms with Gasteiger partial charge in [-0.15, -0.1) is 0 Å². The summed E-state index contributed by atoms with van der Waals surface area (Å²) in [5.41, 5.74) is 0.624. The maximum Gasteiger partial charge on any atom is 0.236 e. The SMILES string of the molecule is COc1ccc(C=O)c(CS(=O)(=O)Cl)c1. The van der Waals surface area contributed by atoms with E-state index in [1.807, 2.05) is 0 Å². The van der Waals surface area contributed by atoms with Gasteiger partial charge < -0.3 is 4.74 Å². The predicted octanol–water partition coefficient (Wildman–Crippen LogP) is 1.58. The molecule has 1 rings (SSSR count). The second kappa shape index (κ2) is 4.63. The van der Waals surface area contributed by atoms with Crippen LogP contribution in [-0.4, -0.2) is 21.8 Å². The second-order valence-electron chi connectivity index (χ2n) is 2.87. The molecule has 0 bridgehead atoms. The van der Waals surface area contributed by atoms with Gasteiger partial charge in [0.1, 0.15) is 12.0 Å². The van der Waals surface area contributed by atoms with Crippen molar-refractivity contribution < 1.29 is 17.9 Å². The first-order valence-corrected chi connectivity index (χ1v) is 6.48. The van der Waals surface area contributed by atoms with Gasteiger partial charge in [0.2, 0.25) is 9.05 Å². The number of aldehydes is 1. The Morgan fingerprint density at radius 1 is 1.47 bits per heavy atom. The summed E-state index contributed by atoms with van der Waals surface area (Å²) in [7, 11) is 2.88. The van der Waals surface area contributed by atoms with E-state index >= 15 is 0 Å². The van der Waals surface area contributed by atoms with Crippen molar-refractivity contribution in [3.63, 3.8) is 0 Å². The van der Waals surface area contributed by atoms with Crippen molar-refractivity contribution in [1.29, 1.82) is 0 Å². The molecular formula is C9H9ClO4S. The molecule has 0 radical (unpaired) electrons. The molecule has 4 nitrogen and oxygen atoms in total. The van der Waals surface area contributed by atoms with Crippen LogP contribution in [0.5, 0.6) is 5.75 Å². The minimum absolute atomic E-state index is 0.292. The van der Waals surface area contributed by atoms with Crippen molar-refractivity contribution in [2.45, 2.75) is 5.75 Å². The molecule has 6 heteroatoms. The molecule has 0 aromatic heterocycles. The Labute approximate surface area is 92.2 Å². The molecule has 0 aliphatic carbocycles. The Morgan fingerprint density at radius 2 is 2.13 bits per heavy atom. The van der Waals surface area contributed by atoms with Crippen LogP contribution in [0.3, 0.4) is 0 Å². The molecule has 0 unspecified atom stereocenters. The summed E-state index contributed by atoms with van der Waals surface area (Å²) in [5, 5.41) is 0. The van der Waals surface area contributed by atoms with Crippen molar-refractivity contribution in [2.75, 3.05) is 7.11 Å². The number of ether oxygens (including phenoxy) is 1. The van der Waals surface area contributed by atoms with E-state index in [1.165, 1.54) is 19.2 Å². The van der Waals surface area contributed by atoms with Crippen LogP contribution in [0.25, 0.3) is 0 Å². The van der Waals surface area contributed by atoms with Gasteiger partial charge in [0.05, 0.1) is 12.9 Å². The van der Waals surface area contributed by atoms with E-state index in [4.69, 9.17) is 15.4 Å². The summed E-state index contributed by atoms with van der Waals surface area (Å²) in [5.74, 6) is 0.0933. The molecule has 0 saturated carbocycles. The summed E-state index contributed by atoms with van der Waals surface area (Å²) in [4.78, 5) is 10.6. The summed E-state index contributed by atoms with van der Waals surface area (Å²) in [6.45, 7) is 0. The summed E-state index contributed by atoms with van der Waals surface area (Å²) < 4.78 is 26.7. The van der Waals surface area contributed by atoms with Crippen LogP contribution in [-0.2, 0) is 14.8 Å². The van der Waals surface area contributed by atoms with Crippen molar-refractivity contribution >= 4 is 26.0 Å². The number of hydrogen-bond acceptors (Lipinski definition) is 4. The first-order valence-electron chi connectivity index (χ1n) is 4.00. The minimum atomic E-state index is -3.68. The van der Waals surface area contributed by atoms with Gasteiger partial charge in [-0.2, -0.15) is 0 Å². The van der Waals surface area contributed by atoms with E-state index < -0.39 is 9.05 Å². The monoisotopic (exact) mass is 248 g/mol. The molecule has 82 valence electrons. The number of benzene rings is 1. The summed E-state index contributed by atoms with van der Waals surface area (Å²) >= 11 is 0. The average Bonchev–Trinajstić information content (AvgIpc) is 2.15. The van der Waals surface area contributed by atoms with Gasteiger partial charge in [-0.25, -0.2) is 8.42 Å². The zero-order valence-electron chi connectivity index (χ0n) is 7.94. The van der Waals surface area contributed by atoms with Crippen molar-refractivity contribution in [3.05, 3.63) is 29.3 Å². The van der Waals surface area contributed by atoms with E-state index in [0.29, 0.717) is 23.2 Å². The first kappa shape index (κ1) is 12.0. The largest absolute Gasteiger partial charge is 0.497 e. The van der Waals surface area contributed by atoms with Crippen LogP contribution >= 0.6 is 10.7 Å². The Balaban J connectivity index is 3.18. The van der Waals surface area contributed by atoms with Crippen molar-refractivity contribution in [3.8, 4) is 5.75 Å². The van der Waals surface area contributed by atoms with Crippen molar-refractivity contribution in [1.82, 2.24) is 0 Å². The maximum atomic E-state index is 10.9. The number of rotatable bonds is 4. The lowest BCUT2D eigenvalue weighted by Gasteiger charge is -2.05. The lowest BCUT2D eigenvalue weighted by atomic mass is 10.1. The molecule has 0 atom stereocenters. The molecule has 0 fully saturated rings. The third-order valence-corrected chi connectivity index (χ3v) is 2.79. The molecule has 0 heterocycles. The molecule has 0 saturated heterocycles. The molecule has 0 spiro atoms. The minimum Gasteiger partial charge on any atom is -0.497 e. The van der Waals surface area contributed by atoms with E-state index in [2.05, 4.69) is 0 Å². The molecule has 0 aliphatic heterocycles. The molecule has 1 aromatic carbocycles. The highest BCUT2D eigenvalue weighted by atomic mass is 35.7. The molecular weight excluding hydrogens is 240 g/mol. The number of methoxy groups -OCH3 is 1. The van der Waals surface area contributed by atoms with E-state index in [-0.39, 0.29) is 5.75 Å². The van der Waals surface area contributed by atoms with Gasteiger partial charge in [-0.3, -0.25) is 4.79 Å². The Hall–Kier alpha value is -1.07. The van der Waals surface area contributed by atoms with E-state index in [1.54, 1.807) is 6.07 Å². The van der Waals surface area contributed by atoms with Gasteiger partial charge >= 0.3 is 0 Å². The highest BCUT2D eigenvalue weighted by Gasteiger charge is 2.12. The van der Waals surface area contributed by atoms with Crippen LogP contribution < -0.4 is 4.74 Å². The van der Waals surface area contributed by atoms with Crippen molar-refractivity contribution in [2.24, 2.45) is 0 Å². The van der Waals surface area contributed by atoms with Crippen LogP contribution in [0.1, 0.15) is 15.9 Å². The van der Waals surface area contributed by atoms with Crippen LogP contribution in [0.15, 0.2) is 18.2 Å². The lowest BCUT2D eigenvalue weighted by Crippen LogP contribution is -2.00. The number of hydrogen-bond donors (Lipinski definition) is 0. The van der Waals surface area contributed by atoms with E-state index in [9.17, 15) is 13.2 Å². The topological polar surface area (TPSA) is 60.4 Å². The highest BCUT2D eigenvalue weighted by Crippen LogP contribution is 2.19. The van der Waals surface area contributed by atoms with Gasteiger partial charge in [0, 0.05) is 16.2 Å². The van der Waals surface area contributed by atoms with Gasteiger partial charge in [0.15, 0.2) is 0 Å². The standard InChI is InChI=1S/C9H9ClO4S/c1-14-9-3-2-7(5-11)8(4-9)6-15(10,12)13/h2-5H,6H2,1H3. The zero-order valence-corrected chi connectivity index (χ0v) is 9.51. The maximum absolute atomic E-state index is 10.9. The third-order valence-electron chi connectivity index (χ3n) is 1.81. The predicted molar refractivity (Wildman–Crippen MR) is 56.9 cm³/mol. The third kappa shape index (κ3) is 3.53. The normalized spacial score (nSPS) is 11.1. The lowest BCUT2D eigenvalue weighted by molar-refractivity contribution is 0.112. The summed E-state index contributed by atoms with van der Waals surface area (Å²) in [6, 6.07) is 4.54. The zero-order chi connectivity index (χ0) is 11.5. The molecule has 0 N–H and O–H groups in total. The van der Waals surface area contributed by atoms with Crippen LogP contribution in [0.4, 0.5) is 0 Å². The Morgan fingerprint density at radius 3 is 2.60 bits per heavy atom. The number of carbonyl (C=O) groups excluding carboxylic acids is 1. The molecule has 1 aromatic rings. The number of halogens is 1. The fourth-order valence-corrected chi connectivity index (χ4v) is 2.11. The van der Waals surface area contributed by atoms with Crippen LogP contribution in [0.2, 0.25) is 0 Å². The van der Waals surface area contributed by atoms with E-state index in [0.717, 1.165) is 0 Å². The number of carbonyl (C=O) groups is 1. The smallest absolute Gasteiger partial charge is 0.236 e.